The van der Waals surface area contributed by atoms with Crippen LogP contribution in [0.5, 0.6) is 0 Å². The minimum Gasteiger partial charge on any atom is -0.388 e. The molecule has 0 fully saturated rings. The maximum atomic E-state index is 10.2. The normalized spacial score (nSPS) is 8.36. The Hall–Kier alpha value is -0.770. The first-order valence-corrected chi connectivity index (χ1v) is 3.24. The van der Waals surface area contributed by atoms with Gasteiger partial charge in [0.25, 0.3) is 0 Å². The fourth-order valence-corrected chi connectivity index (χ4v) is 0.615. The van der Waals surface area contributed by atoms with Crippen LogP contribution in [0, 0.1) is 5.41 Å². The highest BCUT2D eigenvalue weighted by atomic mass is 35.5. The smallest absolute Gasteiger partial charge is 0.217 e. The van der Waals surface area contributed by atoms with Crippen molar-refractivity contribution in [3.63, 3.8) is 0 Å². The number of primary amides is 1. The number of hydrogen-bond donors (Lipinski definition) is 3. The van der Waals surface area contributed by atoms with E-state index in [4.69, 9.17) is 16.9 Å². The van der Waals surface area contributed by atoms with Crippen molar-refractivity contribution in [2.45, 2.75) is 25.7 Å². The summed E-state index contributed by atoms with van der Waals surface area (Å²) in [4.78, 5) is 10.2. The molecule has 0 spiro atoms. The van der Waals surface area contributed by atoms with Gasteiger partial charge in [-0.25, -0.2) is 0 Å². The van der Waals surface area contributed by atoms with Gasteiger partial charge in [0.2, 0.25) is 5.91 Å². The van der Waals surface area contributed by atoms with Gasteiger partial charge in [-0.2, -0.15) is 0 Å². The number of hydrogen-bond acceptors (Lipinski definition) is 2. The van der Waals surface area contributed by atoms with Crippen LogP contribution in [0.2, 0.25) is 0 Å². The van der Waals surface area contributed by atoms with E-state index in [0.717, 1.165) is 12.8 Å². The molecule has 0 bridgehead atoms. The van der Waals surface area contributed by atoms with Gasteiger partial charge in [0, 0.05) is 12.8 Å². The van der Waals surface area contributed by atoms with Crippen LogP contribution in [0.3, 0.4) is 0 Å². The molecule has 0 aliphatic rings. The lowest BCUT2D eigenvalue weighted by molar-refractivity contribution is -0.118. The number of unbranched alkanes of at least 4 members (excludes halogenated alkanes) is 1. The first-order chi connectivity index (χ1) is 4.63. The lowest BCUT2D eigenvalue weighted by atomic mass is 10.2. The molecule has 0 aromatic heterocycles. The molecule has 0 aromatic carbocycles. The van der Waals surface area contributed by atoms with Crippen molar-refractivity contribution in [2.24, 2.45) is 11.5 Å². The van der Waals surface area contributed by atoms with Gasteiger partial charge in [0.1, 0.15) is 0 Å². The van der Waals surface area contributed by atoms with E-state index in [-0.39, 0.29) is 24.1 Å². The average Bonchev–Trinajstić information content (AvgIpc) is 1.79. The standard InChI is InChI=1S/C6H13N3O.ClH/c7-5(8)3-1-2-4-6(9)10;/h1-4H2,(H3,7,8)(H2,9,10);1H. The summed E-state index contributed by atoms with van der Waals surface area (Å²) >= 11 is 0. The van der Waals surface area contributed by atoms with Crippen LogP contribution in [0.4, 0.5) is 0 Å². The van der Waals surface area contributed by atoms with Crippen molar-refractivity contribution in [1.82, 2.24) is 0 Å². The SMILES string of the molecule is Cl.N=C(N)CCCCC(N)=O. The quantitative estimate of drug-likeness (QED) is 0.324. The van der Waals surface area contributed by atoms with Gasteiger partial charge in [-0.1, -0.05) is 0 Å². The van der Waals surface area contributed by atoms with Crippen LogP contribution in [0.25, 0.3) is 0 Å². The zero-order valence-electron chi connectivity index (χ0n) is 6.30. The molecule has 0 aliphatic heterocycles. The average molecular weight is 180 g/mol. The summed E-state index contributed by atoms with van der Waals surface area (Å²) in [7, 11) is 0. The predicted octanol–water partition coefficient (Wildman–Crippen LogP) is 0.390. The molecule has 0 atom stereocenters. The van der Waals surface area contributed by atoms with E-state index < -0.39 is 0 Å². The highest BCUT2D eigenvalue weighted by Crippen LogP contribution is 1.97. The summed E-state index contributed by atoms with van der Waals surface area (Å²) in [6.07, 6.45) is 2.47. The minimum atomic E-state index is -0.288. The molecule has 66 valence electrons. The molecule has 0 aromatic rings. The second-order valence-electron chi connectivity index (χ2n) is 2.20. The number of nitrogens with one attached hydrogen (secondary N) is 1. The summed E-state index contributed by atoms with van der Waals surface area (Å²) in [6.45, 7) is 0. The summed E-state index contributed by atoms with van der Waals surface area (Å²) in [6, 6.07) is 0. The number of carbonyl (C=O) groups is 1. The highest BCUT2D eigenvalue weighted by Gasteiger charge is 1.94. The summed E-state index contributed by atoms with van der Waals surface area (Å²) < 4.78 is 0. The van der Waals surface area contributed by atoms with E-state index in [9.17, 15) is 4.79 Å². The number of rotatable bonds is 5. The molecule has 5 N–H and O–H groups in total. The van der Waals surface area contributed by atoms with Crippen LogP contribution < -0.4 is 11.5 Å². The zero-order valence-corrected chi connectivity index (χ0v) is 7.12. The third-order valence-electron chi connectivity index (χ3n) is 1.12. The van der Waals surface area contributed by atoms with Crippen molar-refractivity contribution in [3.8, 4) is 0 Å². The van der Waals surface area contributed by atoms with Gasteiger partial charge in [0.15, 0.2) is 0 Å². The van der Waals surface area contributed by atoms with E-state index >= 15 is 0 Å². The molecule has 0 heterocycles. The number of nitrogens with two attached hydrogens (primary N) is 2. The van der Waals surface area contributed by atoms with Gasteiger partial charge in [0.05, 0.1) is 5.84 Å². The molecular weight excluding hydrogens is 166 g/mol. The first-order valence-electron chi connectivity index (χ1n) is 3.24. The molecule has 11 heavy (non-hydrogen) atoms. The third kappa shape index (κ3) is 12.4. The molecule has 0 radical (unpaired) electrons. The third-order valence-corrected chi connectivity index (χ3v) is 1.12. The molecule has 0 saturated carbocycles. The maximum absolute atomic E-state index is 10.2. The predicted molar refractivity (Wildman–Crippen MR) is 46.8 cm³/mol. The Labute approximate surface area is 72.2 Å². The lowest BCUT2D eigenvalue weighted by Crippen LogP contribution is -2.11. The molecule has 0 saturated heterocycles. The monoisotopic (exact) mass is 179 g/mol. The second kappa shape index (κ2) is 7.34. The molecule has 0 rings (SSSR count). The largest absolute Gasteiger partial charge is 0.388 e. The Balaban J connectivity index is 0. The Morgan fingerprint density at radius 2 is 1.64 bits per heavy atom. The van der Waals surface area contributed by atoms with Crippen molar-refractivity contribution < 1.29 is 4.79 Å². The van der Waals surface area contributed by atoms with E-state index in [1.54, 1.807) is 0 Å². The minimum absolute atomic E-state index is 0. The van der Waals surface area contributed by atoms with Crippen LogP contribution >= 0.6 is 12.4 Å². The zero-order chi connectivity index (χ0) is 7.98. The molecule has 0 unspecified atom stereocenters. The lowest BCUT2D eigenvalue weighted by Gasteiger charge is -1.95. The van der Waals surface area contributed by atoms with Crippen molar-refractivity contribution in [2.75, 3.05) is 0 Å². The number of amides is 1. The highest BCUT2D eigenvalue weighted by molar-refractivity contribution is 5.85. The van der Waals surface area contributed by atoms with E-state index in [1.165, 1.54) is 0 Å². The number of carbonyl (C=O) groups excluding carboxylic acids is 1. The van der Waals surface area contributed by atoms with Crippen LogP contribution in [0.15, 0.2) is 0 Å². The van der Waals surface area contributed by atoms with E-state index in [1.807, 2.05) is 0 Å². The Morgan fingerprint density at radius 1 is 1.18 bits per heavy atom. The molecule has 5 heteroatoms. The van der Waals surface area contributed by atoms with Crippen LogP contribution in [-0.4, -0.2) is 11.7 Å². The van der Waals surface area contributed by atoms with Crippen molar-refractivity contribution >= 4 is 24.1 Å². The van der Waals surface area contributed by atoms with Crippen molar-refractivity contribution in [3.05, 3.63) is 0 Å². The Morgan fingerprint density at radius 3 is 2.00 bits per heavy atom. The summed E-state index contributed by atoms with van der Waals surface area (Å²) in [5.41, 5.74) is 9.96. The maximum Gasteiger partial charge on any atom is 0.217 e. The van der Waals surface area contributed by atoms with Gasteiger partial charge >= 0.3 is 0 Å². The topological polar surface area (TPSA) is 93.0 Å². The Bertz CT molecular complexity index is 122. The van der Waals surface area contributed by atoms with Gasteiger partial charge in [-0.15, -0.1) is 12.4 Å². The molecule has 4 nitrogen and oxygen atoms in total. The number of amidine groups is 1. The van der Waals surface area contributed by atoms with E-state index in [0.29, 0.717) is 12.8 Å². The van der Waals surface area contributed by atoms with Gasteiger partial charge < -0.3 is 11.5 Å². The van der Waals surface area contributed by atoms with Gasteiger partial charge in [-0.05, 0) is 12.8 Å². The second-order valence-corrected chi connectivity index (χ2v) is 2.20. The van der Waals surface area contributed by atoms with Crippen molar-refractivity contribution in [1.29, 1.82) is 5.41 Å². The summed E-state index contributed by atoms with van der Waals surface area (Å²) in [5, 5.41) is 6.84. The Kier molecular flexibility index (Phi) is 8.58. The molecular formula is C6H14ClN3O. The molecule has 1 amide bonds. The van der Waals surface area contributed by atoms with Crippen LogP contribution in [0.1, 0.15) is 25.7 Å². The summed E-state index contributed by atoms with van der Waals surface area (Å²) in [5.74, 6) is -0.118. The van der Waals surface area contributed by atoms with E-state index in [2.05, 4.69) is 0 Å². The molecule has 0 aliphatic carbocycles. The fourth-order valence-electron chi connectivity index (χ4n) is 0.615. The van der Waals surface area contributed by atoms with Crippen LogP contribution in [-0.2, 0) is 4.79 Å². The number of halogens is 1. The fraction of sp³-hybridized carbons (Fsp3) is 0.667. The van der Waals surface area contributed by atoms with Gasteiger partial charge in [-0.3, -0.25) is 10.2 Å². The first kappa shape index (κ1) is 12.9.